The van der Waals surface area contributed by atoms with E-state index in [4.69, 9.17) is 16.3 Å². The quantitative estimate of drug-likeness (QED) is 0.536. The Balaban J connectivity index is 1.50. The number of nitrogens with zero attached hydrogens (tertiary/aromatic N) is 2. The second kappa shape index (κ2) is 10.5. The minimum atomic E-state index is -0.605. The first-order valence-corrected chi connectivity index (χ1v) is 12.9. The summed E-state index contributed by atoms with van der Waals surface area (Å²) in [6.07, 6.45) is 3.89. The number of halogens is 1. The Kier molecular flexibility index (Phi) is 7.60. The summed E-state index contributed by atoms with van der Waals surface area (Å²) >= 11 is 6.78. The van der Waals surface area contributed by atoms with E-state index in [2.05, 4.69) is 41.4 Å². The van der Waals surface area contributed by atoms with Crippen LogP contribution >= 0.6 is 11.6 Å². The summed E-state index contributed by atoms with van der Waals surface area (Å²) in [5.41, 5.74) is 4.74. The van der Waals surface area contributed by atoms with Crippen LogP contribution in [0, 0.1) is 6.92 Å². The van der Waals surface area contributed by atoms with E-state index in [-0.39, 0.29) is 5.91 Å². The van der Waals surface area contributed by atoms with Gasteiger partial charge in [-0.05, 0) is 83.1 Å². The third-order valence-corrected chi connectivity index (χ3v) is 6.82. The topological polar surface area (TPSA) is 61.9 Å². The molecule has 2 aliphatic heterocycles. The molecular formula is C28H36ClN3O3. The van der Waals surface area contributed by atoms with E-state index >= 15 is 0 Å². The highest BCUT2D eigenvalue weighted by Crippen LogP contribution is 2.38. The Morgan fingerprint density at radius 2 is 1.83 bits per heavy atom. The number of ether oxygens (including phenoxy) is 1. The molecule has 2 aromatic rings. The maximum Gasteiger partial charge on any atom is 0.410 e. The summed E-state index contributed by atoms with van der Waals surface area (Å²) in [6, 6.07) is 11.9. The Bertz CT molecular complexity index is 1080. The van der Waals surface area contributed by atoms with Gasteiger partial charge in [-0.3, -0.25) is 9.69 Å². The molecule has 188 valence electrons. The molecule has 0 bridgehead atoms. The number of fused-ring (bicyclic) bond motifs is 1. The molecule has 6 nitrogen and oxygen atoms in total. The van der Waals surface area contributed by atoms with E-state index < -0.39 is 17.7 Å². The second-order valence-electron chi connectivity index (χ2n) is 10.7. The normalized spacial score (nSPS) is 18.1. The molecule has 1 atom stereocenters. The maximum absolute atomic E-state index is 13.2. The van der Waals surface area contributed by atoms with Gasteiger partial charge in [0, 0.05) is 25.3 Å². The number of nitrogens with one attached hydrogen (secondary N) is 1. The molecule has 0 unspecified atom stereocenters. The number of benzene rings is 2. The third-order valence-electron chi connectivity index (χ3n) is 6.53. The molecule has 1 fully saturated rings. The second-order valence-corrected chi connectivity index (χ2v) is 11.1. The molecule has 0 aromatic heterocycles. The lowest BCUT2D eigenvalue weighted by Gasteiger charge is -2.36. The van der Waals surface area contributed by atoms with Gasteiger partial charge in [-0.1, -0.05) is 41.4 Å². The van der Waals surface area contributed by atoms with Crippen LogP contribution in [0.4, 0.5) is 16.2 Å². The van der Waals surface area contributed by atoms with Crippen molar-refractivity contribution < 1.29 is 14.3 Å². The SMILES string of the molecule is Cc1ccc(CN2CCCc3cc(NC(=O)[C@H]4CCCCN4C(=O)OC(C)(C)C)cc(Cl)c32)cc1. The molecule has 2 amide bonds. The van der Waals surface area contributed by atoms with Crippen molar-refractivity contribution in [2.45, 2.75) is 78.0 Å². The van der Waals surface area contributed by atoms with Gasteiger partial charge >= 0.3 is 6.09 Å². The van der Waals surface area contributed by atoms with Crippen LogP contribution in [0.5, 0.6) is 0 Å². The van der Waals surface area contributed by atoms with Crippen LogP contribution in [-0.2, 0) is 22.5 Å². The van der Waals surface area contributed by atoms with E-state index in [1.807, 2.05) is 32.9 Å². The first-order valence-electron chi connectivity index (χ1n) is 12.5. The van der Waals surface area contributed by atoms with Crippen LogP contribution in [-0.4, -0.2) is 41.6 Å². The summed E-state index contributed by atoms with van der Waals surface area (Å²) in [4.78, 5) is 29.9. The summed E-state index contributed by atoms with van der Waals surface area (Å²) in [6.45, 7) is 9.85. The molecule has 4 rings (SSSR count). The zero-order valence-corrected chi connectivity index (χ0v) is 22.0. The van der Waals surface area contributed by atoms with E-state index in [9.17, 15) is 9.59 Å². The van der Waals surface area contributed by atoms with Gasteiger partial charge in [0.25, 0.3) is 0 Å². The van der Waals surface area contributed by atoms with Crippen LogP contribution < -0.4 is 10.2 Å². The van der Waals surface area contributed by atoms with Gasteiger partial charge in [-0.25, -0.2) is 4.79 Å². The fourth-order valence-electron chi connectivity index (χ4n) is 4.89. The molecule has 7 heteroatoms. The van der Waals surface area contributed by atoms with Crippen LogP contribution in [0.15, 0.2) is 36.4 Å². The van der Waals surface area contributed by atoms with Crippen LogP contribution in [0.25, 0.3) is 0 Å². The number of anilines is 2. The Morgan fingerprint density at radius 1 is 1.09 bits per heavy atom. The third kappa shape index (κ3) is 6.29. The lowest BCUT2D eigenvalue weighted by atomic mass is 9.99. The minimum Gasteiger partial charge on any atom is -0.444 e. The highest BCUT2D eigenvalue weighted by atomic mass is 35.5. The Morgan fingerprint density at radius 3 is 2.54 bits per heavy atom. The molecule has 0 aliphatic carbocycles. The molecule has 0 spiro atoms. The molecule has 2 aliphatic rings. The molecule has 2 aromatic carbocycles. The highest BCUT2D eigenvalue weighted by Gasteiger charge is 2.35. The summed E-state index contributed by atoms with van der Waals surface area (Å²) in [5, 5.41) is 3.67. The Hall–Kier alpha value is -2.73. The number of hydrogen-bond acceptors (Lipinski definition) is 4. The zero-order chi connectivity index (χ0) is 25.2. The molecular weight excluding hydrogens is 462 g/mol. The Labute approximate surface area is 213 Å². The van der Waals surface area contributed by atoms with Crippen molar-refractivity contribution in [3.8, 4) is 0 Å². The fraction of sp³-hybridized carbons (Fsp3) is 0.500. The van der Waals surface area contributed by atoms with Crippen LogP contribution in [0.3, 0.4) is 0 Å². The van der Waals surface area contributed by atoms with Crippen molar-refractivity contribution in [1.82, 2.24) is 4.90 Å². The van der Waals surface area contributed by atoms with Crippen molar-refractivity contribution in [2.75, 3.05) is 23.3 Å². The number of likely N-dealkylation sites (tertiary alicyclic amines) is 1. The number of aryl methyl sites for hydroxylation is 2. The molecule has 1 N–H and O–H groups in total. The van der Waals surface area contributed by atoms with Gasteiger partial charge in [-0.15, -0.1) is 0 Å². The van der Waals surface area contributed by atoms with Crippen molar-refractivity contribution in [3.63, 3.8) is 0 Å². The summed E-state index contributed by atoms with van der Waals surface area (Å²) in [5.74, 6) is -0.195. The number of carbonyl (C=O) groups is 2. The van der Waals surface area contributed by atoms with E-state index in [1.165, 1.54) is 11.1 Å². The lowest BCUT2D eigenvalue weighted by Crippen LogP contribution is -2.51. The standard InChI is InChI=1S/C28H36ClN3O3/c1-19-10-12-20(13-11-19)18-31-14-7-8-21-16-22(17-23(29)25(21)31)30-26(33)24-9-5-6-15-32(24)27(34)35-28(2,3)4/h10-13,16-17,24H,5-9,14-15,18H2,1-4H3,(H,30,33)/t24-/m1/s1. The van der Waals surface area contributed by atoms with E-state index in [1.54, 1.807) is 4.90 Å². The summed E-state index contributed by atoms with van der Waals surface area (Å²) < 4.78 is 5.55. The average Bonchev–Trinajstić information content (AvgIpc) is 2.79. The van der Waals surface area contributed by atoms with Crippen molar-refractivity contribution in [3.05, 3.63) is 58.1 Å². The van der Waals surface area contributed by atoms with Gasteiger partial charge < -0.3 is 15.0 Å². The van der Waals surface area contributed by atoms with Crippen LogP contribution in [0.2, 0.25) is 5.02 Å². The smallest absolute Gasteiger partial charge is 0.410 e. The monoisotopic (exact) mass is 497 g/mol. The number of amides is 2. The fourth-order valence-corrected chi connectivity index (χ4v) is 5.24. The number of carbonyl (C=O) groups excluding carboxylic acids is 2. The molecule has 0 radical (unpaired) electrons. The predicted octanol–water partition coefficient (Wildman–Crippen LogP) is 6.33. The van der Waals surface area contributed by atoms with Gasteiger partial charge in [0.2, 0.25) is 5.91 Å². The van der Waals surface area contributed by atoms with E-state index in [0.29, 0.717) is 23.7 Å². The minimum absolute atomic E-state index is 0.195. The number of rotatable bonds is 4. The van der Waals surface area contributed by atoms with Crippen molar-refractivity contribution in [1.29, 1.82) is 0 Å². The number of hydrogen-bond donors (Lipinski definition) is 1. The van der Waals surface area contributed by atoms with Crippen molar-refractivity contribution >= 4 is 35.0 Å². The van der Waals surface area contributed by atoms with Gasteiger partial charge in [0.15, 0.2) is 0 Å². The molecule has 35 heavy (non-hydrogen) atoms. The first kappa shape index (κ1) is 25.4. The van der Waals surface area contributed by atoms with Gasteiger partial charge in [0.05, 0.1) is 10.7 Å². The first-order chi connectivity index (χ1) is 16.6. The average molecular weight is 498 g/mol. The highest BCUT2D eigenvalue weighted by molar-refractivity contribution is 6.34. The lowest BCUT2D eigenvalue weighted by molar-refractivity contribution is -0.122. The largest absolute Gasteiger partial charge is 0.444 e. The molecule has 2 heterocycles. The van der Waals surface area contributed by atoms with E-state index in [0.717, 1.165) is 50.0 Å². The van der Waals surface area contributed by atoms with Gasteiger partial charge in [0.1, 0.15) is 11.6 Å². The van der Waals surface area contributed by atoms with Crippen molar-refractivity contribution in [2.24, 2.45) is 0 Å². The molecule has 0 saturated carbocycles. The zero-order valence-electron chi connectivity index (χ0n) is 21.2. The number of piperidine rings is 1. The molecule has 1 saturated heterocycles. The summed E-state index contributed by atoms with van der Waals surface area (Å²) in [7, 11) is 0. The predicted molar refractivity (Wildman–Crippen MR) is 141 cm³/mol. The maximum atomic E-state index is 13.2. The van der Waals surface area contributed by atoms with Gasteiger partial charge in [-0.2, -0.15) is 0 Å². The van der Waals surface area contributed by atoms with Crippen LogP contribution in [0.1, 0.15) is 63.1 Å².